The normalized spacial score (nSPS) is 11.2. The van der Waals surface area contributed by atoms with Gasteiger partial charge < -0.3 is 14.2 Å². The number of non-ortho nitro benzene ring substituents is 1. The number of amides is 2. The van der Waals surface area contributed by atoms with Crippen LogP contribution < -0.4 is 0 Å². The Morgan fingerprint density at radius 2 is 1.77 bits per heavy atom. The van der Waals surface area contributed by atoms with E-state index in [1.165, 1.54) is 17.0 Å². The SMILES string of the molecule is CC(C)(C)N(CC(=O)N(CCc1ccccc1)Cc1ccco1)C(=O)c1ccc([N+](=O)[O-])cc1Cl. The predicted octanol–water partition coefficient (Wildman–Crippen LogP) is 5.35. The van der Waals surface area contributed by atoms with Crippen molar-refractivity contribution in [3.8, 4) is 0 Å². The lowest BCUT2D eigenvalue weighted by molar-refractivity contribution is -0.384. The molecule has 184 valence electrons. The lowest BCUT2D eigenvalue weighted by Gasteiger charge is -2.37. The van der Waals surface area contributed by atoms with E-state index in [0.717, 1.165) is 11.6 Å². The molecule has 0 radical (unpaired) electrons. The molecule has 8 nitrogen and oxygen atoms in total. The van der Waals surface area contributed by atoms with Crippen molar-refractivity contribution in [1.82, 2.24) is 9.80 Å². The standard InChI is InChI=1S/C26H28ClN3O5/c1-26(2,3)29(25(32)22-12-11-20(30(33)34)16-23(22)27)18-24(31)28(17-21-10-7-15-35-21)14-13-19-8-5-4-6-9-19/h4-12,15-16H,13-14,17-18H2,1-3H3. The summed E-state index contributed by atoms with van der Waals surface area (Å²) in [7, 11) is 0. The average Bonchev–Trinajstić information content (AvgIpc) is 3.32. The summed E-state index contributed by atoms with van der Waals surface area (Å²) < 4.78 is 5.45. The molecule has 0 aliphatic carbocycles. The van der Waals surface area contributed by atoms with E-state index in [4.69, 9.17) is 16.0 Å². The van der Waals surface area contributed by atoms with Gasteiger partial charge in [0.1, 0.15) is 12.3 Å². The molecule has 35 heavy (non-hydrogen) atoms. The molecule has 0 unspecified atom stereocenters. The lowest BCUT2D eigenvalue weighted by atomic mass is 10.0. The van der Waals surface area contributed by atoms with Crippen molar-refractivity contribution in [2.75, 3.05) is 13.1 Å². The molecule has 3 aromatic rings. The van der Waals surface area contributed by atoms with Gasteiger partial charge in [-0.3, -0.25) is 19.7 Å². The van der Waals surface area contributed by atoms with Crippen LogP contribution in [0.5, 0.6) is 0 Å². The Labute approximate surface area is 209 Å². The van der Waals surface area contributed by atoms with Gasteiger partial charge in [0.2, 0.25) is 5.91 Å². The van der Waals surface area contributed by atoms with Crippen molar-refractivity contribution >= 4 is 29.1 Å². The van der Waals surface area contributed by atoms with Crippen LogP contribution >= 0.6 is 11.6 Å². The third-order valence-corrected chi connectivity index (χ3v) is 5.85. The molecule has 0 saturated heterocycles. The molecule has 0 aliphatic heterocycles. The summed E-state index contributed by atoms with van der Waals surface area (Å²) >= 11 is 6.21. The topological polar surface area (TPSA) is 96.9 Å². The van der Waals surface area contributed by atoms with Crippen LogP contribution in [-0.4, -0.2) is 45.2 Å². The number of halogens is 1. The molecular weight excluding hydrogens is 470 g/mol. The van der Waals surface area contributed by atoms with Crippen molar-refractivity contribution in [2.45, 2.75) is 39.3 Å². The van der Waals surface area contributed by atoms with Gasteiger partial charge in [-0.25, -0.2) is 0 Å². The van der Waals surface area contributed by atoms with Crippen molar-refractivity contribution in [3.05, 3.63) is 99.0 Å². The van der Waals surface area contributed by atoms with E-state index >= 15 is 0 Å². The van der Waals surface area contributed by atoms with E-state index in [2.05, 4.69) is 0 Å². The van der Waals surface area contributed by atoms with Crippen LogP contribution in [0.15, 0.2) is 71.3 Å². The number of nitro groups is 1. The molecule has 1 aromatic heterocycles. The molecule has 0 spiro atoms. The number of rotatable bonds is 9. The zero-order chi connectivity index (χ0) is 25.6. The summed E-state index contributed by atoms with van der Waals surface area (Å²) in [6, 6.07) is 17.1. The van der Waals surface area contributed by atoms with E-state index < -0.39 is 16.4 Å². The van der Waals surface area contributed by atoms with Crippen LogP contribution in [0.2, 0.25) is 5.02 Å². The Hall–Kier alpha value is -3.65. The first-order valence-corrected chi connectivity index (χ1v) is 11.5. The summed E-state index contributed by atoms with van der Waals surface area (Å²) in [6.07, 6.45) is 2.20. The number of carbonyl (C=O) groups excluding carboxylic acids is 2. The fraction of sp³-hybridized carbons (Fsp3) is 0.308. The first-order valence-electron chi connectivity index (χ1n) is 11.2. The monoisotopic (exact) mass is 497 g/mol. The molecule has 0 bridgehead atoms. The van der Waals surface area contributed by atoms with E-state index in [0.29, 0.717) is 18.7 Å². The van der Waals surface area contributed by atoms with Crippen LogP contribution in [0, 0.1) is 10.1 Å². The Morgan fingerprint density at radius 1 is 1.06 bits per heavy atom. The lowest BCUT2D eigenvalue weighted by Crippen LogP contribution is -2.51. The van der Waals surface area contributed by atoms with Crippen LogP contribution in [0.4, 0.5) is 5.69 Å². The van der Waals surface area contributed by atoms with Crippen LogP contribution in [-0.2, 0) is 17.8 Å². The van der Waals surface area contributed by atoms with Gasteiger partial charge in [0.25, 0.3) is 11.6 Å². The molecule has 0 atom stereocenters. The molecule has 0 N–H and O–H groups in total. The van der Waals surface area contributed by atoms with Gasteiger partial charge in [0, 0.05) is 24.2 Å². The second-order valence-corrected chi connectivity index (χ2v) is 9.52. The number of hydrogen-bond donors (Lipinski definition) is 0. The largest absolute Gasteiger partial charge is 0.467 e. The Balaban J connectivity index is 1.83. The summed E-state index contributed by atoms with van der Waals surface area (Å²) in [5.41, 5.74) is 0.261. The maximum Gasteiger partial charge on any atom is 0.270 e. The number of nitrogens with zero attached hydrogens (tertiary/aromatic N) is 3. The Kier molecular flexibility index (Phi) is 8.30. The number of carbonyl (C=O) groups is 2. The molecule has 9 heteroatoms. The van der Waals surface area contributed by atoms with Gasteiger partial charge >= 0.3 is 0 Å². The van der Waals surface area contributed by atoms with Crippen molar-refractivity contribution in [2.24, 2.45) is 0 Å². The first kappa shape index (κ1) is 26.0. The fourth-order valence-corrected chi connectivity index (χ4v) is 3.83. The summed E-state index contributed by atoms with van der Waals surface area (Å²) in [6.45, 7) is 5.97. The average molecular weight is 498 g/mol. The van der Waals surface area contributed by atoms with E-state index in [1.807, 2.05) is 51.1 Å². The summed E-state index contributed by atoms with van der Waals surface area (Å²) in [5, 5.41) is 11.0. The van der Waals surface area contributed by atoms with Gasteiger partial charge in [-0.05, 0) is 51.0 Å². The highest BCUT2D eigenvalue weighted by molar-refractivity contribution is 6.34. The second-order valence-electron chi connectivity index (χ2n) is 9.11. The Bertz CT molecular complexity index is 1170. The molecule has 1 heterocycles. The number of hydrogen-bond acceptors (Lipinski definition) is 5. The predicted molar refractivity (Wildman–Crippen MR) is 133 cm³/mol. The highest BCUT2D eigenvalue weighted by atomic mass is 35.5. The van der Waals surface area contributed by atoms with Crippen molar-refractivity contribution in [3.63, 3.8) is 0 Å². The van der Waals surface area contributed by atoms with Gasteiger partial charge in [-0.1, -0.05) is 41.9 Å². The maximum absolute atomic E-state index is 13.5. The van der Waals surface area contributed by atoms with Crippen molar-refractivity contribution in [1.29, 1.82) is 0 Å². The minimum absolute atomic E-state index is 0.0394. The minimum Gasteiger partial charge on any atom is -0.467 e. The molecule has 0 saturated carbocycles. The molecule has 0 aliphatic rings. The fourth-order valence-electron chi connectivity index (χ4n) is 3.58. The molecule has 0 fully saturated rings. The van der Waals surface area contributed by atoms with Gasteiger partial charge in [-0.2, -0.15) is 0 Å². The quantitative estimate of drug-likeness (QED) is 0.293. The summed E-state index contributed by atoms with van der Waals surface area (Å²) in [4.78, 5) is 40.5. The van der Waals surface area contributed by atoms with Crippen LogP contribution in [0.1, 0.15) is 42.5 Å². The van der Waals surface area contributed by atoms with E-state index in [1.54, 1.807) is 23.3 Å². The summed E-state index contributed by atoms with van der Waals surface area (Å²) in [5.74, 6) is -0.0937. The van der Waals surface area contributed by atoms with Crippen molar-refractivity contribution < 1.29 is 18.9 Å². The smallest absolute Gasteiger partial charge is 0.270 e. The highest BCUT2D eigenvalue weighted by Gasteiger charge is 2.32. The highest BCUT2D eigenvalue weighted by Crippen LogP contribution is 2.26. The number of benzene rings is 2. The van der Waals surface area contributed by atoms with Crippen LogP contribution in [0.25, 0.3) is 0 Å². The molecule has 2 aromatic carbocycles. The van der Waals surface area contributed by atoms with Gasteiger partial charge in [0.15, 0.2) is 0 Å². The third kappa shape index (κ3) is 6.93. The van der Waals surface area contributed by atoms with Crippen LogP contribution in [0.3, 0.4) is 0 Å². The number of nitro benzene ring substituents is 1. The molecular formula is C26H28ClN3O5. The van der Waals surface area contributed by atoms with Gasteiger partial charge in [-0.15, -0.1) is 0 Å². The maximum atomic E-state index is 13.5. The zero-order valence-corrected chi connectivity index (χ0v) is 20.7. The van der Waals surface area contributed by atoms with E-state index in [-0.39, 0.29) is 35.3 Å². The second kappa shape index (κ2) is 11.2. The third-order valence-electron chi connectivity index (χ3n) is 5.53. The van der Waals surface area contributed by atoms with Gasteiger partial charge in [0.05, 0.1) is 28.3 Å². The zero-order valence-electron chi connectivity index (χ0n) is 19.9. The first-order chi connectivity index (χ1) is 16.6. The Morgan fingerprint density at radius 3 is 2.34 bits per heavy atom. The minimum atomic E-state index is -0.715. The van der Waals surface area contributed by atoms with E-state index in [9.17, 15) is 19.7 Å². The number of furan rings is 1. The molecule has 2 amide bonds. The molecule has 3 rings (SSSR count).